The summed E-state index contributed by atoms with van der Waals surface area (Å²) in [4.78, 5) is 22.9. The van der Waals surface area contributed by atoms with Crippen molar-refractivity contribution in [1.29, 1.82) is 0 Å². The Kier molecular flexibility index (Phi) is 3.94. The normalized spacial score (nSPS) is 11.3. The van der Waals surface area contributed by atoms with Gasteiger partial charge >= 0.3 is 18.1 Å². The number of hydrogen-bond donors (Lipinski definition) is 1. The second kappa shape index (κ2) is 5.55. The van der Waals surface area contributed by atoms with Gasteiger partial charge in [0, 0.05) is 6.20 Å². The second-order valence-electron chi connectivity index (χ2n) is 4.26. The van der Waals surface area contributed by atoms with Gasteiger partial charge in [0.05, 0.1) is 23.9 Å². The maximum Gasteiger partial charge on any atom is 0.418 e. The molecule has 1 N–H and O–H groups in total. The van der Waals surface area contributed by atoms with E-state index in [0.29, 0.717) is 0 Å². The number of benzene rings is 1. The molecule has 0 radical (unpaired) electrons. The Morgan fingerprint density at radius 3 is 2.41 bits per heavy atom. The van der Waals surface area contributed by atoms with Crippen LogP contribution in [0, 0.1) is 0 Å². The van der Waals surface area contributed by atoms with Crippen molar-refractivity contribution in [3.63, 3.8) is 0 Å². The van der Waals surface area contributed by atoms with Gasteiger partial charge in [-0.1, -0.05) is 6.07 Å². The van der Waals surface area contributed by atoms with E-state index in [1.165, 1.54) is 18.3 Å². The molecule has 0 aliphatic carbocycles. The van der Waals surface area contributed by atoms with Gasteiger partial charge < -0.3 is 14.4 Å². The number of carbonyl (C=O) groups excluding carboxylic acids is 1. The van der Waals surface area contributed by atoms with Crippen molar-refractivity contribution < 1.29 is 32.6 Å². The predicted octanol–water partition coefficient (Wildman–Crippen LogP) is 2.98. The highest BCUT2D eigenvalue weighted by Gasteiger charge is 2.36. The van der Waals surface area contributed by atoms with Crippen LogP contribution in [0.1, 0.15) is 26.4 Å². The van der Waals surface area contributed by atoms with Crippen LogP contribution in [0.25, 0.3) is 5.69 Å². The monoisotopic (exact) mass is 313 g/mol. The molecule has 1 aromatic carbocycles. The van der Waals surface area contributed by atoms with Gasteiger partial charge in [0.25, 0.3) is 0 Å². The van der Waals surface area contributed by atoms with Crippen molar-refractivity contribution in [2.24, 2.45) is 0 Å². The van der Waals surface area contributed by atoms with Gasteiger partial charge in [-0.2, -0.15) is 13.2 Å². The number of halogens is 3. The van der Waals surface area contributed by atoms with E-state index >= 15 is 0 Å². The summed E-state index contributed by atoms with van der Waals surface area (Å²) < 4.78 is 44.9. The lowest BCUT2D eigenvalue weighted by Gasteiger charge is -2.17. The SMILES string of the molecule is COC(=O)c1cccn1-c1c(C(=O)O)cccc1C(F)(F)F. The molecule has 8 heteroatoms. The number of rotatable bonds is 3. The molecule has 0 fully saturated rings. The molecule has 2 aromatic rings. The first-order chi connectivity index (χ1) is 10.3. The topological polar surface area (TPSA) is 68.5 Å². The molecule has 0 unspecified atom stereocenters. The van der Waals surface area contributed by atoms with Crippen molar-refractivity contribution in [2.75, 3.05) is 7.11 Å². The van der Waals surface area contributed by atoms with Crippen LogP contribution >= 0.6 is 0 Å². The van der Waals surface area contributed by atoms with E-state index in [4.69, 9.17) is 5.11 Å². The van der Waals surface area contributed by atoms with Crippen molar-refractivity contribution in [1.82, 2.24) is 4.57 Å². The minimum Gasteiger partial charge on any atom is -0.478 e. The Bertz CT molecular complexity index is 734. The summed E-state index contributed by atoms with van der Waals surface area (Å²) in [6.45, 7) is 0. The molecule has 0 spiro atoms. The van der Waals surface area contributed by atoms with Gasteiger partial charge in [-0.15, -0.1) is 0 Å². The highest BCUT2D eigenvalue weighted by molar-refractivity contribution is 5.94. The fourth-order valence-corrected chi connectivity index (χ4v) is 2.05. The zero-order chi connectivity index (χ0) is 16.5. The number of carboxylic acid groups (broad SMARTS) is 1. The van der Waals surface area contributed by atoms with Crippen LogP contribution in [0.2, 0.25) is 0 Å². The van der Waals surface area contributed by atoms with Gasteiger partial charge in [0.2, 0.25) is 0 Å². The first kappa shape index (κ1) is 15.6. The highest BCUT2D eigenvalue weighted by Crippen LogP contribution is 2.36. The minimum atomic E-state index is -4.78. The van der Waals surface area contributed by atoms with Crippen LogP contribution in [0.3, 0.4) is 0 Å². The summed E-state index contributed by atoms with van der Waals surface area (Å²) in [7, 11) is 1.08. The maximum absolute atomic E-state index is 13.2. The van der Waals surface area contributed by atoms with E-state index in [9.17, 15) is 22.8 Å². The molecule has 0 aliphatic rings. The zero-order valence-electron chi connectivity index (χ0n) is 11.2. The smallest absolute Gasteiger partial charge is 0.418 e. The standard InChI is InChI=1S/C14H10F3NO4/c1-22-13(21)10-6-3-7-18(10)11-8(12(19)20)4-2-5-9(11)14(15,16)17/h2-7H,1H3,(H,19,20). The van der Waals surface area contributed by atoms with Crippen molar-refractivity contribution in [2.45, 2.75) is 6.18 Å². The molecule has 1 aromatic heterocycles. The summed E-state index contributed by atoms with van der Waals surface area (Å²) in [6.07, 6.45) is -3.61. The fourth-order valence-electron chi connectivity index (χ4n) is 2.05. The van der Waals surface area contributed by atoms with Crippen LogP contribution in [-0.4, -0.2) is 28.7 Å². The van der Waals surface area contributed by atoms with Gasteiger partial charge in [0.15, 0.2) is 0 Å². The molecule has 116 valence electrons. The van der Waals surface area contributed by atoms with Crippen molar-refractivity contribution in [3.05, 3.63) is 53.3 Å². The lowest BCUT2D eigenvalue weighted by atomic mass is 10.1. The number of aromatic nitrogens is 1. The molecule has 0 saturated heterocycles. The lowest BCUT2D eigenvalue weighted by molar-refractivity contribution is -0.137. The summed E-state index contributed by atoms with van der Waals surface area (Å²) in [5.74, 6) is -2.41. The van der Waals surface area contributed by atoms with Crippen LogP contribution in [0.5, 0.6) is 0 Å². The van der Waals surface area contributed by atoms with Crippen molar-refractivity contribution >= 4 is 11.9 Å². The van der Waals surface area contributed by atoms with Crippen LogP contribution < -0.4 is 0 Å². The Morgan fingerprint density at radius 1 is 1.18 bits per heavy atom. The number of aromatic carboxylic acids is 1. The van der Waals surface area contributed by atoms with Gasteiger partial charge in [-0.25, -0.2) is 9.59 Å². The second-order valence-corrected chi connectivity index (χ2v) is 4.26. The molecule has 0 saturated carbocycles. The molecule has 2 rings (SSSR count). The quantitative estimate of drug-likeness (QED) is 0.885. The number of para-hydroxylation sites is 1. The molecule has 0 atom stereocenters. The fraction of sp³-hybridized carbons (Fsp3) is 0.143. The van der Waals surface area contributed by atoms with Gasteiger partial charge in [-0.3, -0.25) is 0 Å². The Labute approximate surface area is 122 Å². The number of ether oxygens (including phenoxy) is 1. The third-order valence-electron chi connectivity index (χ3n) is 2.96. The third kappa shape index (κ3) is 2.67. The first-order valence-corrected chi connectivity index (χ1v) is 5.97. The number of nitrogens with zero attached hydrogens (tertiary/aromatic N) is 1. The Hall–Kier alpha value is -2.77. The summed E-state index contributed by atoms with van der Waals surface area (Å²) in [5, 5.41) is 9.14. The predicted molar refractivity (Wildman–Crippen MR) is 69.1 cm³/mol. The number of methoxy groups -OCH3 is 1. The molecule has 22 heavy (non-hydrogen) atoms. The minimum absolute atomic E-state index is 0.207. The van der Waals surface area contributed by atoms with Crippen LogP contribution in [0.4, 0.5) is 13.2 Å². The molecule has 0 aliphatic heterocycles. The molecule has 1 heterocycles. The van der Waals surface area contributed by atoms with E-state index in [1.54, 1.807) is 0 Å². The number of alkyl halides is 3. The molecule has 0 bridgehead atoms. The number of carboxylic acids is 1. The molecular weight excluding hydrogens is 303 g/mol. The lowest BCUT2D eigenvalue weighted by Crippen LogP contribution is -2.18. The number of esters is 1. The van der Waals surface area contributed by atoms with Crippen molar-refractivity contribution in [3.8, 4) is 5.69 Å². The number of carbonyl (C=O) groups is 2. The largest absolute Gasteiger partial charge is 0.478 e. The zero-order valence-corrected chi connectivity index (χ0v) is 11.2. The van der Waals surface area contributed by atoms with Crippen LogP contribution in [0.15, 0.2) is 36.5 Å². The third-order valence-corrected chi connectivity index (χ3v) is 2.96. The number of hydrogen-bond acceptors (Lipinski definition) is 3. The average molecular weight is 313 g/mol. The first-order valence-electron chi connectivity index (χ1n) is 5.97. The van der Waals surface area contributed by atoms with Gasteiger partial charge in [-0.05, 0) is 24.3 Å². The molecule has 0 amide bonds. The molecule has 5 nitrogen and oxygen atoms in total. The van der Waals surface area contributed by atoms with E-state index < -0.39 is 34.9 Å². The Morgan fingerprint density at radius 2 is 1.86 bits per heavy atom. The summed E-state index contributed by atoms with van der Waals surface area (Å²) >= 11 is 0. The van der Waals surface area contributed by atoms with E-state index in [-0.39, 0.29) is 5.69 Å². The van der Waals surface area contributed by atoms with Gasteiger partial charge in [0.1, 0.15) is 5.69 Å². The van der Waals surface area contributed by atoms with E-state index in [2.05, 4.69) is 4.74 Å². The van der Waals surface area contributed by atoms with Crippen LogP contribution in [-0.2, 0) is 10.9 Å². The average Bonchev–Trinajstić information content (AvgIpc) is 2.93. The van der Waals surface area contributed by atoms with E-state index in [0.717, 1.165) is 29.9 Å². The summed E-state index contributed by atoms with van der Waals surface area (Å²) in [6, 6.07) is 5.35. The maximum atomic E-state index is 13.2. The highest BCUT2D eigenvalue weighted by atomic mass is 19.4. The van der Waals surface area contributed by atoms with E-state index in [1.807, 2.05) is 0 Å². The molecular formula is C14H10F3NO4. The summed E-state index contributed by atoms with van der Waals surface area (Å²) in [5.41, 5.74) is -2.57. The Balaban J connectivity index is 2.82.